The molecule has 1 fully saturated rings. The van der Waals surface area contributed by atoms with E-state index in [2.05, 4.69) is 6.92 Å². The smallest absolute Gasteiger partial charge is 0.227 e. The summed E-state index contributed by atoms with van der Waals surface area (Å²) in [6.45, 7) is 5.91. The van der Waals surface area contributed by atoms with Gasteiger partial charge in [0.05, 0.1) is 12.5 Å². The van der Waals surface area contributed by atoms with Crippen molar-refractivity contribution in [2.24, 2.45) is 11.8 Å². The van der Waals surface area contributed by atoms with Crippen LogP contribution in [0.15, 0.2) is 0 Å². The van der Waals surface area contributed by atoms with E-state index in [0.717, 1.165) is 38.3 Å². The van der Waals surface area contributed by atoms with Crippen molar-refractivity contribution in [1.82, 2.24) is 4.90 Å². The number of carbonyl (C=O) groups is 1. The van der Waals surface area contributed by atoms with Crippen molar-refractivity contribution in [3.8, 4) is 0 Å². The third kappa shape index (κ3) is 2.71. The number of aliphatic hydroxyl groups is 1. The molecule has 3 heteroatoms. The van der Waals surface area contributed by atoms with Crippen molar-refractivity contribution in [2.45, 2.75) is 33.1 Å². The van der Waals surface area contributed by atoms with Crippen molar-refractivity contribution >= 4 is 5.91 Å². The molecule has 3 nitrogen and oxygen atoms in total. The van der Waals surface area contributed by atoms with Crippen LogP contribution in [0.5, 0.6) is 0 Å². The number of carbonyl (C=O) groups excluding carboxylic acids is 1. The van der Waals surface area contributed by atoms with Gasteiger partial charge in [-0.15, -0.1) is 0 Å². The topological polar surface area (TPSA) is 40.5 Å². The molecule has 1 N–H and O–H groups in total. The molecule has 0 aromatic carbocycles. The summed E-state index contributed by atoms with van der Waals surface area (Å²) in [6, 6.07) is 0. The van der Waals surface area contributed by atoms with E-state index >= 15 is 0 Å². The Morgan fingerprint density at radius 3 is 2.50 bits per heavy atom. The summed E-state index contributed by atoms with van der Waals surface area (Å²) in [6.07, 6.45) is 2.95. The van der Waals surface area contributed by atoms with Gasteiger partial charge >= 0.3 is 0 Å². The highest BCUT2D eigenvalue weighted by molar-refractivity contribution is 5.79. The first-order chi connectivity index (χ1) is 6.69. The van der Waals surface area contributed by atoms with E-state index < -0.39 is 0 Å². The first-order valence-electron chi connectivity index (χ1n) is 5.58. The molecule has 0 spiro atoms. The van der Waals surface area contributed by atoms with E-state index in [9.17, 15) is 4.79 Å². The van der Waals surface area contributed by atoms with Crippen LogP contribution in [0.1, 0.15) is 33.1 Å². The highest BCUT2D eigenvalue weighted by Crippen LogP contribution is 2.18. The van der Waals surface area contributed by atoms with Gasteiger partial charge in [-0.05, 0) is 25.2 Å². The molecule has 1 amide bonds. The summed E-state index contributed by atoms with van der Waals surface area (Å²) in [7, 11) is 0. The number of aliphatic hydroxyl groups excluding tert-OH is 1. The predicted molar refractivity (Wildman–Crippen MR) is 55.8 cm³/mol. The van der Waals surface area contributed by atoms with Gasteiger partial charge in [0, 0.05) is 13.1 Å². The van der Waals surface area contributed by atoms with Crippen LogP contribution in [-0.2, 0) is 4.79 Å². The van der Waals surface area contributed by atoms with Crippen LogP contribution < -0.4 is 0 Å². The zero-order valence-electron chi connectivity index (χ0n) is 9.20. The van der Waals surface area contributed by atoms with E-state index in [4.69, 9.17) is 5.11 Å². The summed E-state index contributed by atoms with van der Waals surface area (Å²) >= 11 is 0. The minimum Gasteiger partial charge on any atom is -0.396 e. The first kappa shape index (κ1) is 11.5. The Hall–Kier alpha value is -0.570. The first-order valence-corrected chi connectivity index (χ1v) is 5.58. The third-order valence-corrected chi connectivity index (χ3v) is 3.16. The molecule has 0 saturated carbocycles. The minimum atomic E-state index is -0.177. The van der Waals surface area contributed by atoms with E-state index in [1.807, 2.05) is 11.8 Å². The molecule has 0 aromatic heterocycles. The quantitative estimate of drug-likeness (QED) is 0.743. The SMILES string of the molecule is CCC(CO)C(=O)N1CCC(C)CC1. The maximum Gasteiger partial charge on any atom is 0.227 e. The van der Waals surface area contributed by atoms with Crippen molar-refractivity contribution in [3.05, 3.63) is 0 Å². The Morgan fingerprint density at radius 1 is 1.50 bits per heavy atom. The molecule has 14 heavy (non-hydrogen) atoms. The molecule has 0 bridgehead atoms. The van der Waals surface area contributed by atoms with E-state index in [0.29, 0.717) is 0 Å². The Bertz CT molecular complexity index is 182. The molecular formula is C11H21NO2. The molecule has 1 aliphatic rings. The van der Waals surface area contributed by atoms with Gasteiger partial charge in [-0.25, -0.2) is 0 Å². The minimum absolute atomic E-state index is 0.0125. The normalized spacial score (nSPS) is 20.9. The molecule has 0 aromatic rings. The number of amides is 1. The van der Waals surface area contributed by atoms with Crippen molar-refractivity contribution in [3.63, 3.8) is 0 Å². The Kier molecular flexibility index (Phi) is 4.39. The molecule has 0 radical (unpaired) electrons. The van der Waals surface area contributed by atoms with E-state index in [1.54, 1.807) is 0 Å². The second-order valence-electron chi connectivity index (χ2n) is 4.30. The lowest BCUT2D eigenvalue weighted by molar-refractivity contribution is -0.138. The standard InChI is InChI=1S/C11H21NO2/c1-3-10(8-13)11(14)12-6-4-9(2)5-7-12/h9-10,13H,3-8H2,1-2H3. The van der Waals surface area contributed by atoms with Crippen LogP contribution in [0.3, 0.4) is 0 Å². The maximum atomic E-state index is 11.8. The summed E-state index contributed by atoms with van der Waals surface area (Å²) in [4.78, 5) is 13.7. The fourth-order valence-electron chi connectivity index (χ4n) is 1.87. The average Bonchev–Trinajstić information content (AvgIpc) is 2.20. The predicted octanol–water partition coefficient (Wildman–Crippen LogP) is 1.26. The van der Waals surface area contributed by atoms with Crippen molar-refractivity contribution in [2.75, 3.05) is 19.7 Å². The van der Waals surface area contributed by atoms with E-state index in [1.165, 1.54) is 0 Å². The monoisotopic (exact) mass is 199 g/mol. The van der Waals surface area contributed by atoms with Crippen LogP contribution in [0.4, 0.5) is 0 Å². The van der Waals surface area contributed by atoms with Gasteiger partial charge in [0.15, 0.2) is 0 Å². The lowest BCUT2D eigenvalue weighted by Gasteiger charge is -2.32. The molecule has 1 saturated heterocycles. The average molecular weight is 199 g/mol. The molecule has 1 aliphatic heterocycles. The van der Waals surface area contributed by atoms with Crippen LogP contribution in [0.25, 0.3) is 0 Å². The zero-order chi connectivity index (χ0) is 10.6. The van der Waals surface area contributed by atoms with Gasteiger partial charge in [0.2, 0.25) is 5.91 Å². The second-order valence-corrected chi connectivity index (χ2v) is 4.30. The van der Waals surface area contributed by atoms with Gasteiger partial charge in [-0.2, -0.15) is 0 Å². The second kappa shape index (κ2) is 5.35. The maximum absolute atomic E-state index is 11.8. The van der Waals surface area contributed by atoms with Crippen LogP contribution >= 0.6 is 0 Å². The van der Waals surface area contributed by atoms with Crippen LogP contribution in [0.2, 0.25) is 0 Å². The fraction of sp³-hybridized carbons (Fsp3) is 0.909. The molecule has 1 heterocycles. The van der Waals surface area contributed by atoms with Gasteiger partial charge < -0.3 is 10.0 Å². The number of hydrogen-bond acceptors (Lipinski definition) is 2. The molecule has 1 unspecified atom stereocenters. The molecule has 0 aliphatic carbocycles. The molecule has 1 atom stereocenters. The number of piperidine rings is 1. The number of rotatable bonds is 3. The molecule has 82 valence electrons. The van der Waals surface area contributed by atoms with Gasteiger partial charge in [0.25, 0.3) is 0 Å². The van der Waals surface area contributed by atoms with Gasteiger partial charge in [0.1, 0.15) is 0 Å². The number of likely N-dealkylation sites (tertiary alicyclic amines) is 1. The van der Waals surface area contributed by atoms with Crippen LogP contribution in [0, 0.1) is 11.8 Å². The zero-order valence-corrected chi connectivity index (χ0v) is 9.20. The summed E-state index contributed by atoms with van der Waals surface area (Å²) < 4.78 is 0. The Balaban J connectivity index is 2.44. The largest absolute Gasteiger partial charge is 0.396 e. The summed E-state index contributed by atoms with van der Waals surface area (Å²) in [5.74, 6) is 0.707. The van der Waals surface area contributed by atoms with Crippen molar-refractivity contribution < 1.29 is 9.90 Å². The Labute approximate surface area is 86.1 Å². The fourth-order valence-corrected chi connectivity index (χ4v) is 1.87. The third-order valence-electron chi connectivity index (χ3n) is 3.16. The van der Waals surface area contributed by atoms with Gasteiger partial charge in [-0.3, -0.25) is 4.79 Å². The lowest BCUT2D eigenvalue weighted by Crippen LogP contribution is -2.42. The highest BCUT2D eigenvalue weighted by atomic mass is 16.3. The number of nitrogens with zero attached hydrogens (tertiary/aromatic N) is 1. The summed E-state index contributed by atoms with van der Waals surface area (Å²) in [5.41, 5.74) is 0. The van der Waals surface area contributed by atoms with E-state index in [-0.39, 0.29) is 18.4 Å². The summed E-state index contributed by atoms with van der Waals surface area (Å²) in [5, 5.41) is 9.03. The highest BCUT2D eigenvalue weighted by Gasteiger charge is 2.25. The molecular weight excluding hydrogens is 178 g/mol. The van der Waals surface area contributed by atoms with Crippen molar-refractivity contribution in [1.29, 1.82) is 0 Å². The van der Waals surface area contributed by atoms with Gasteiger partial charge in [-0.1, -0.05) is 13.8 Å². The van der Waals surface area contributed by atoms with Crippen LogP contribution in [-0.4, -0.2) is 35.6 Å². The Morgan fingerprint density at radius 2 is 2.07 bits per heavy atom. The number of hydrogen-bond donors (Lipinski definition) is 1. The molecule has 1 rings (SSSR count). The lowest BCUT2D eigenvalue weighted by atomic mass is 9.97.